The highest BCUT2D eigenvalue weighted by Gasteiger charge is 2.16. The summed E-state index contributed by atoms with van der Waals surface area (Å²) in [7, 11) is 0. The van der Waals surface area contributed by atoms with Crippen LogP contribution in [0.2, 0.25) is 0 Å². The van der Waals surface area contributed by atoms with Crippen molar-refractivity contribution in [3.8, 4) is 0 Å². The van der Waals surface area contributed by atoms with E-state index in [1.54, 1.807) is 19.1 Å². The van der Waals surface area contributed by atoms with E-state index in [-0.39, 0.29) is 0 Å². The number of hydrogen-bond acceptors (Lipinski definition) is 1. The van der Waals surface area contributed by atoms with Crippen LogP contribution >= 0.6 is 27.5 Å². The summed E-state index contributed by atoms with van der Waals surface area (Å²) in [6.45, 7) is 1.57. The Kier molecular flexibility index (Phi) is 3.45. The lowest BCUT2D eigenvalue weighted by molar-refractivity contribution is -0.112. The zero-order valence-electron chi connectivity index (χ0n) is 6.85. The summed E-state index contributed by atoms with van der Waals surface area (Å²) in [5.41, 5.74) is 0.322. The second kappa shape index (κ2) is 4.20. The molecule has 1 unspecified atom stereocenters. The van der Waals surface area contributed by atoms with Crippen LogP contribution in [0.5, 0.6) is 0 Å². The maximum atomic E-state index is 13.2. The summed E-state index contributed by atoms with van der Waals surface area (Å²) in [5.74, 6) is -1.02. The molecule has 0 aliphatic rings. The highest BCUT2D eigenvalue weighted by Crippen LogP contribution is 2.23. The van der Waals surface area contributed by atoms with Gasteiger partial charge in [0, 0.05) is 4.47 Å². The molecule has 0 aliphatic carbocycles. The Hall–Kier alpha value is -0.410. The predicted octanol–water partition coefficient (Wildman–Crippen LogP) is 3.46. The molecule has 0 spiro atoms. The number of carbonyl (C=O) groups excluding carboxylic acids is 1. The first-order chi connectivity index (χ1) is 6.02. The monoisotopic (exact) mass is 264 g/mol. The van der Waals surface area contributed by atoms with Gasteiger partial charge < -0.3 is 0 Å². The van der Waals surface area contributed by atoms with Gasteiger partial charge in [-0.15, -0.1) is 0 Å². The first-order valence-electron chi connectivity index (χ1n) is 3.66. The Morgan fingerprint density at radius 3 is 2.69 bits per heavy atom. The number of carbonyl (C=O) groups is 1. The Balaban J connectivity index is 3.08. The molecule has 1 aromatic carbocycles. The SMILES string of the molecule is CC(C(=O)Cl)c1ccc(Br)cc1F. The molecule has 0 heterocycles. The van der Waals surface area contributed by atoms with Crippen LogP contribution in [0.3, 0.4) is 0 Å². The van der Waals surface area contributed by atoms with Crippen LogP contribution in [0, 0.1) is 5.82 Å². The van der Waals surface area contributed by atoms with Crippen LogP contribution in [0.15, 0.2) is 22.7 Å². The highest BCUT2D eigenvalue weighted by molar-refractivity contribution is 9.10. The molecular weight excluding hydrogens is 258 g/mol. The molecule has 1 rings (SSSR count). The minimum Gasteiger partial charge on any atom is -0.281 e. The first-order valence-corrected chi connectivity index (χ1v) is 4.83. The maximum absolute atomic E-state index is 13.2. The number of hydrogen-bond donors (Lipinski definition) is 0. The molecular formula is C9H7BrClFO. The second-order valence-corrected chi connectivity index (χ2v) is 3.98. The van der Waals surface area contributed by atoms with E-state index in [0.29, 0.717) is 10.0 Å². The molecule has 13 heavy (non-hydrogen) atoms. The van der Waals surface area contributed by atoms with Crippen molar-refractivity contribution in [1.29, 1.82) is 0 Å². The van der Waals surface area contributed by atoms with Gasteiger partial charge in [0.1, 0.15) is 5.82 Å². The quantitative estimate of drug-likeness (QED) is 0.749. The van der Waals surface area contributed by atoms with Crippen molar-refractivity contribution in [3.63, 3.8) is 0 Å². The number of benzene rings is 1. The molecule has 0 aliphatic heterocycles. The molecule has 0 bridgehead atoms. The smallest absolute Gasteiger partial charge is 0.228 e. The Morgan fingerprint density at radius 1 is 1.62 bits per heavy atom. The van der Waals surface area contributed by atoms with Crippen LogP contribution in [0.25, 0.3) is 0 Å². The molecule has 0 amide bonds. The van der Waals surface area contributed by atoms with Gasteiger partial charge in [0.05, 0.1) is 5.92 Å². The van der Waals surface area contributed by atoms with Gasteiger partial charge in [-0.05, 0) is 29.3 Å². The molecule has 0 radical (unpaired) electrons. The van der Waals surface area contributed by atoms with Gasteiger partial charge in [-0.1, -0.05) is 28.9 Å². The largest absolute Gasteiger partial charge is 0.281 e. The minimum absolute atomic E-state index is 0.322. The van der Waals surface area contributed by atoms with E-state index in [1.165, 1.54) is 6.07 Å². The van der Waals surface area contributed by atoms with Crippen LogP contribution in [0.1, 0.15) is 18.4 Å². The summed E-state index contributed by atoms with van der Waals surface area (Å²) >= 11 is 8.38. The zero-order chi connectivity index (χ0) is 10.0. The number of rotatable bonds is 2. The molecule has 4 heteroatoms. The summed E-state index contributed by atoms with van der Waals surface area (Å²) in [4.78, 5) is 10.8. The zero-order valence-corrected chi connectivity index (χ0v) is 9.19. The average molecular weight is 266 g/mol. The van der Waals surface area contributed by atoms with E-state index in [4.69, 9.17) is 11.6 Å². The summed E-state index contributed by atoms with van der Waals surface area (Å²) in [6.07, 6.45) is 0. The topological polar surface area (TPSA) is 17.1 Å². The van der Waals surface area contributed by atoms with Crippen LogP contribution in [-0.4, -0.2) is 5.24 Å². The normalized spacial score (nSPS) is 12.6. The maximum Gasteiger partial charge on any atom is 0.228 e. The van der Waals surface area contributed by atoms with E-state index >= 15 is 0 Å². The lowest BCUT2D eigenvalue weighted by Gasteiger charge is -2.07. The van der Waals surface area contributed by atoms with Crippen molar-refractivity contribution < 1.29 is 9.18 Å². The van der Waals surface area contributed by atoms with Crippen LogP contribution in [0.4, 0.5) is 4.39 Å². The summed E-state index contributed by atoms with van der Waals surface area (Å²) in [6, 6.07) is 4.53. The molecule has 0 aromatic heterocycles. The van der Waals surface area contributed by atoms with E-state index in [1.807, 2.05) is 0 Å². The van der Waals surface area contributed by atoms with Gasteiger partial charge in [0.2, 0.25) is 5.24 Å². The second-order valence-electron chi connectivity index (χ2n) is 2.69. The third-order valence-corrected chi connectivity index (χ3v) is 2.59. The molecule has 0 fully saturated rings. The van der Waals surface area contributed by atoms with Crippen LogP contribution in [-0.2, 0) is 4.79 Å². The van der Waals surface area contributed by atoms with Gasteiger partial charge in [0.15, 0.2) is 0 Å². The van der Waals surface area contributed by atoms with E-state index in [9.17, 15) is 9.18 Å². The molecule has 70 valence electrons. The van der Waals surface area contributed by atoms with Gasteiger partial charge >= 0.3 is 0 Å². The van der Waals surface area contributed by atoms with Crippen molar-refractivity contribution >= 4 is 32.8 Å². The minimum atomic E-state index is -0.602. The fraction of sp³-hybridized carbons (Fsp3) is 0.222. The molecule has 0 N–H and O–H groups in total. The third-order valence-electron chi connectivity index (χ3n) is 1.77. The first kappa shape index (κ1) is 10.7. The number of halogens is 3. The molecule has 1 atom stereocenters. The third kappa shape index (κ3) is 2.51. The van der Waals surface area contributed by atoms with Crippen molar-refractivity contribution in [3.05, 3.63) is 34.1 Å². The molecule has 0 saturated carbocycles. The molecule has 1 nitrogen and oxygen atoms in total. The van der Waals surface area contributed by atoms with Gasteiger partial charge in [-0.2, -0.15) is 0 Å². The van der Waals surface area contributed by atoms with E-state index in [2.05, 4.69) is 15.9 Å². The van der Waals surface area contributed by atoms with Crippen molar-refractivity contribution in [1.82, 2.24) is 0 Å². The standard InChI is InChI=1S/C9H7BrClFO/c1-5(9(11)13)7-3-2-6(10)4-8(7)12/h2-5H,1H3. The summed E-state index contributed by atoms with van der Waals surface area (Å²) in [5, 5.41) is -0.554. The predicted molar refractivity (Wildman–Crippen MR) is 53.4 cm³/mol. The summed E-state index contributed by atoms with van der Waals surface area (Å²) < 4.78 is 13.9. The van der Waals surface area contributed by atoms with Gasteiger partial charge in [-0.25, -0.2) is 4.39 Å². The Morgan fingerprint density at radius 2 is 2.23 bits per heavy atom. The average Bonchev–Trinajstić information content (AvgIpc) is 2.03. The van der Waals surface area contributed by atoms with Gasteiger partial charge in [-0.3, -0.25) is 4.79 Å². The Labute approximate surface area is 89.0 Å². The van der Waals surface area contributed by atoms with E-state index < -0.39 is 17.0 Å². The van der Waals surface area contributed by atoms with Gasteiger partial charge in [0.25, 0.3) is 0 Å². The van der Waals surface area contributed by atoms with Crippen molar-refractivity contribution in [2.75, 3.05) is 0 Å². The lowest BCUT2D eigenvalue weighted by Crippen LogP contribution is -2.04. The molecule has 1 aromatic rings. The fourth-order valence-electron chi connectivity index (χ4n) is 0.975. The van der Waals surface area contributed by atoms with Crippen molar-refractivity contribution in [2.24, 2.45) is 0 Å². The van der Waals surface area contributed by atoms with Crippen LogP contribution < -0.4 is 0 Å². The highest BCUT2D eigenvalue weighted by atomic mass is 79.9. The Bertz CT molecular complexity index is 340. The fourth-order valence-corrected chi connectivity index (χ4v) is 1.43. The lowest BCUT2D eigenvalue weighted by atomic mass is 10.0. The van der Waals surface area contributed by atoms with E-state index in [0.717, 1.165) is 0 Å². The molecule has 0 saturated heterocycles. The van der Waals surface area contributed by atoms with Crippen molar-refractivity contribution in [2.45, 2.75) is 12.8 Å².